The number of aromatic nitrogens is 2. The number of hydrogen-bond donors (Lipinski definition) is 1. The van der Waals surface area contributed by atoms with Gasteiger partial charge in [-0.2, -0.15) is 5.10 Å². The molecule has 0 radical (unpaired) electrons. The van der Waals surface area contributed by atoms with Crippen molar-refractivity contribution in [2.45, 2.75) is 44.7 Å². The van der Waals surface area contributed by atoms with Crippen LogP contribution in [0.2, 0.25) is 0 Å². The summed E-state index contributed by atoms with van der Waals surface area (Å²) >= 11 is 0. The van der Waals surface area contributed by atoms with E-state index in [0.717, 1.165) is 24.8 Å². The summed E-state index contributed by atoms with van der Waals surface area (Å²) in [5, 5.41) is 8.06. The van der Waals surface area contributed by atoms with Gasteiger partial charge in [0.2, 0.25) is 0 Å². The molecule has 1 aliphatic rings. The third-order valence-corrected chi connectivity index (χ3v) is 4.29. The zero-order valence-electron chi connectivity index (χ0n) is 12.6. The normalized spacial score (nSPS) is 19.3. The first-order valence-electron chi connectivity index (χ1n) is 7.65. The first-order chi connectivity index (χ1) is 10.1. The fourth-order valence-electron chi connectivity index (χ4n) is 3.30. The minimum atomic E-state index is -0.160. The number of aryl methyl sites for hydroxylation is 1. The molecule has 2 unspecified atom stereocenters. The quantitative estimate of drug-likeness (QED) is 0.936. The Labute approximate surface area is 125 Å². The molecule has 0 saturated carbocycles. The fourth-order valence-corrected chi connectivity index (χ4v) is 3.30. The van der Waals surface area contributed by atoms with Crippen LogP contribution in [0, 0.1) is 5.82 Å². The van der Waals surface area contributed by atoms with Crippen LogP contribution in [-0.2, 0) is 19.9 Å². The predicted molar refractivity (Wildman–Crippen MR) is 81.6 cm³/mol. The zero-order chi connectivity index (χ0) is 14.8. The van der Waals surface area contributed by atoms with Gasteiger partial charge in [-0.05, 0) is 50.3 Å². The van der Waals surface area contributed by atoms with Crippen molar-refractivity contribution in [3.8, 4) is 0 Å². The van der Waals surface area contributed by atoms with Gasteiger partial charge < -0.3 is 5.32 Å². The highest BCUT2D eigenvalue weighted by Crippen LogP contribution is 2.29. The summed E-state index contributed by atoms with van der Waals surface area (Å²) in [6.07, 6.45) is 6.27. The molecule has 3 nitrogen and oxygen atoms in total. The first-order valence-corrected chi connectivity index (χ1v) is 7.65. The largest absolute Gasteiger partial charge is 0.307 e. The molecule has 21 heavy (non-hydrogen) atoms. The Morgan fingerprint density at radius 2 is 2.33 bits per heavy atom. The summed E-state index contributed by atoms with van der Waals surface area (Å²) in [5.41, 5.74) is 3.71. The summed E-state index contributed by atoms with van der Waals surface area (Å²) < 4.78 is 15.2. The van der Waals surface area contributed by atoms with Crippen LogP contribution in [0.25, 0.3) is 0 Å². The number of hydrogen-bond acceptors (Lipinski definition) is 2. The van der Waals surface area contributed by atoms with E-state index in [1.807, 2.05) is 24.0 Å². The maximum Gasteiger partial charge on any atom is 0.123 e. The van der Waals surface area contributed by atoms with E-state index < -0.39 is 0 Å². The van der Waals surface area contributed by atoms with Gasteiger partial charge in [-0.25, -0.2) is 4.39 Å². The Kier molecular flexibility index (Phi) is 4.06. The van der Waals surface area contributed by atoms with Crippen molar-refractivity contribution >= 4 is 0 Å². The summed E-state index contributed by atoms with van der Waals surface area (Å²) in [6, 6.07) is 7.54. The molecule has 0 aliphatic heterocycles. The highest BCUT2D eigenvalue weighted by atomic mass is 19.1. The second-order valence-electron chi connectivity index (χ2n) is 6.02. The van der Waals surface area contributed by atoms with Crippen molar-refractivity contribution in [1.29, 1.82) is 0 Å². The van der Waals surface area contributed by atoms with Gasteiger partial charge in [0.15, 0.2) is 0 Å². The summed E-state index contributed by atoms with van der Waals surface area (Å²) in [6.45, 7) is 2.16. The van der Waals surface area contributed by atoms with E-state index in [2.05, 4.69) is 17.3 Å². The smallest absolute Gasteiger partial charge is 0.123 e. The number of fused-ring (bicyclic) bond motifs is 1. The molecular formula is C17H22FN3. The molecule has 4 heteroatoms. The lowest BCUT2D eigenvalue weighted by atomic mass is 9.92. The van der Waals surface area contributed by atoms with Crippen molar-refractivity contribution in [3.05, 3.63) is 53.1 Å². The summed E-state index contributed by atoms with van der Waals surface area (Å²) in [5.74, 6) is -0.160. The van der Waals surface area contributed by atoms with E-state index in [-0.39, 0.29) is 5.82 Å². The number of halogens is 1. The van der Waals surface area contributed by atoms with Crippen molar-refractivity contribution in [2.24, 2.45) is 7.05 Å². The minimum absolute atomic E-state index is 0.160. The molecule has 1 aromatic heterocycles. The van der Waals surface area contributed by atoms with Crippen LogP contribution in [0.1, 0.15) is 42.6 Å². The number of nitrogens with one attached hydrogen (secondary N) is 1. The monoisotopic (exact) mass is 287 g/mol. The molecule has 1 aliphatic carbocycles. The second-order valence-corrected chi connectivity index (χ2v) is 6.02. The van der Waals surface area contributed by atoms with Gasteiger partial charge >= 0.3 is 0 Å². The van der Waals surface area contributed by atoms with Gasteiger partial charge in [-0.1, -0.05) is 12.1 Å². The third-order valence-electron chi connectivity index (χ3n) is 4.29. The topological polar surface area (TPSA) is 29.9 Å². The third kappa shape index (κ3) is 3.16. The minimum Gasteiger partial charge on any atom is -0.307 e. The Hall–Kier alpha value is -1.68. The molecule has 0 amide bonds. The average Bonchev–Trinajstić information content (AvgIpc) is 2.82. The highest BCUT2D eigenvalue weighted by molar-refractivity contribution is 5.25. The molecule has 2 atom stereocenters. The molecule has 112 valence electrons. The van der Waals surface area contributed by atoms with Crippen LogP contribution in [0.5, 0.6) is 0 Å². The lowest BCUT2D eigenvalue weighted by molar-refractivity contribution is 0.403. The zero-order valence-corrected chi connectivity index (χ0v) is 12.6. The van der Waals surface area contributed by atoms with Crippen molar-refractivity contribution in [1.82, 2.24) is 15.1 Å². The van der Waals surface area contributed by atoms with Gasteiger partial charge in [0, 0.05) is 30.4 Å². The van der Waals surface area contributed by atoms with E-state index >= 15 is 0 Å². The molecule has 0 spiro atoms. The van der Waals surface area contributed by atoms with E-state index in [1.54, 1.807) is 12.1 Å². The summed E-state index contributed by atoms with van der Waals surface area (Å²) in [7, 11) is 2.01. The van der Waals surface area contributed by atoms with E-state index in [0.29, 0.717) is 12.1 Å². The lowest BCUT2D eigenvalue weighted by Crippen LogP contribution is -2.34. The molecule has 1 aromatic carbocycles. The molecule has 0 fully saturated rings. The molecule has 1 N–H and O–H groups in total. The molecule has 0 bridgehead atoms. The van der Waals surface area contributed by atoms with Crippen LogP contribution >= 0.6 is 0 Å². The van der Waals surface area contributed by atoms with Gasteiger partial charge in [-0.3, -0.25) is 4.68 Å². The Morgan fingerprint density at radius 1 is 1.48 bits per heavy atom. The molecule has 3 rings (SSSR count). The number of benzene rings is 1. The van der Waals surface area contributed by atoms with Crippen molar-refractivity contribution < 1.29 is 4.39 Å². The van der Waals surface area contributed by atoms with Gasteiger partial charge in [0.25, 0.3) is 0 Å². The first kappa shape index (κ1) is 14.3. The molecule has 0 saturated heterocycles. The number of rotatable bonds is 4. The van der Waals surface area contributed by atoms with E-state index in [9.17, 15) is 4.39 Å². The predicted octanol–water partition coefficient (Wildman–Crippen LogP) is 3.16. The average molecular weight is 287 g/mol. The lowest BCUT2D eigenvalue weighted by Gasteiger charge is -2.27. The van der Waals surface area contributed by atoms with Crippen LogP contribution in [0.3, 0.4) is 0 Å². The Balaban J connectivity index is 1.67. The molecule has 1 heterocycles. The Bertz CT molecular complexity index is 620. The molecule has 2 aromatic rings. The standard InChI is InChI=1S/C17H22FN3/c1-12(9-13-5-3-6-14(18)10-13)20-16-7-4-8-17-15(16)11-19-21(17)2/h3,5-6,10-12,16,20H,4,7-9H2,1-2H3. The fraction of sp³-hybridized carbons (Fsp3) is 0.471. The van der Waals surface area contributed by atoms with E-state index in [1.165, 1.54) is 23.7 Å². The van der Waals surface area contributed by atoms with Gasteiger partial charge in [0.05, 0.1) is 6.20 Å². The molecular weight excluding hydrogens is 265 g/mol. The second kappa shape index (κ2) is 5.98. The highest BCUT2D eigenvalue weighted by Gasteiger charge is 2.24. The number of nitrogens with zero attached hydrogens (tertiary/aromatic N) is 2. The van der Waals surface area contributed by atoms with Crippen LogP contribution in [0.15, 0.2) is 30.5 Å². The van der Waals surface area contributed by atoms with Crippen LogP contribution in [0.4, 0.5) is 4.39 Å². The maximum atomic E-state index is 13.2. The van der Waals surface area contributed by atoms with Crippen molar-refractivity contribution in [3.63, 3.8) is 0 Å². The van der Waals surface area contributed by atoms with Crippen LogP contribution in [-0.4, -0.2) is 15.8 Å². The maximum absolute atomic E-state index is 13.2. The van der Waals surface area contributed by atoms with Crippen LogP contribution < -0.4 is 5.32 Å². The van der Waals surface area contributed by atoms with E-state index in [4.69, 9.17) is 0 Å². The SMILES string of the molecule is CC(Cc1cccc(F)c1)NC1CCCc2c1cnn2C. The summed E-state index contributed by atoms with van der Waals surface area (Å²) in [4.78, 5) is 0. The van der Waals surface area contributed by atoms with Gasteiger partial charge in [-0.15, -0.1) is 0 Å². The van der Waals surface area contributed by atoms with Crippen molar-refractivity contribution in [2.75, 3.05) is 0 Å². The van der Waals surface area contributed by atoms with Gasteiger partial charge in [0.1, 0.15) is 5.82 Å². The Morgan fingerprint density at radius 3 is 3.14 bits per heavy atom.